The molecule has 12 N–H and O–H groups in total. The van der Waals surface area contributed by atoms with E-state index in [1.165, 1.54) is 92.0 Å². The highest BCUT2D eigenvalue weighted by atomic mass is 19.3. The number of hydrogen-bond donors (Lipinski definition) is 12. The van der Waals surface area contributed by atoms with E-state index in [0.717, 1.165) is 0 Å². The van der Waals surface area contributed by atoms with Crippen molar-refractivity contribution in [3.63, 3.8) is 0 Å². The predicted octanol–water partition coefficient (Wildman–Crippen LogP) is -1.46. The standard InChI is InChI=1S/3C8H20N.3C3H2F2O4.3C2H2O4.BO3/c3*1-5-9(6-2,7-3)8-4;3*4-3(5,1(6)7)2(8)9;3*3-1(4)2(5)6;2-1(3)4/h3*5-8H2,1-4H3;3*(H,6,7)(H,8,9);3*(H,3,4)(H,5,6);/q3*+1;;;;;;;-3. The van der Waals surface area contributed by atoms with Crippen molar-refractivity contribution in [2.45, 2.75) is 101 Å². The molecule has 0 saturated heterocycles. The molecule has 0 unspecified atom stereocenters. The SMILES string of the molecule is CC[N+](CC)(CC)CC.CC[N+](CC)(CC)CC.CC[N+](CC)(CC)CC.O=C(O)C(=O)O.O=C(O)C(=O)O.O=C(O)C(=O)O.O=C(O)C(F)(F)C(=O)O.O=C(O)C(F)(F)C(=O)O.O=C(O)C(F)(F)C(=O)O.[O-]B([O-])[O-]. The first-order valence-electron chi connectivity index (χ1n) is 21.5. The zero-order chi connectivity index (χ0) is 64.0. The van der Waals surface area contributed by atoms with Crippen LogP contribution in [0.1, 0.15) is 83.1 Å². The van der Waals surface area contributed by atoms with Crippen molar-refractivity contribution in [2.75, 3.05) is 78.5 Å². The van der Waals surface area contributed by atoms with E-state index in [1.54, 1.807) is 0 Å². The molecule has 0 rings (SSSR count). The Morgan fingerprint density at radius 2 is 0.342 bits per heavy atom. The molecule has 0 aromatic rings. The molecule has 0 saturated carbocycles. The summed E-state index contributed by atoms with van der Waals surface area (Å²) in [7, 11) is -2.92. The normalized spacial score (nSPS) is 10.2. The topological polar surface area (TPSA) is 517 Å². The van der Waals surface area contributed by atoms with Gasteiger partial charge in [-0.2, -0.15) is 26.3 Å². The van der Waals surface area contributed by atoms with Crippen LogP contribution >= 0.6 is 0 Å². The van der Waals surface area contributed by atoms with Crippen LogP contribution in [-0.4, -0.2) is 250 Å². The Balaban J connectivity index is -0.0000000802. The molecule has 0 atom stereocenters. The molecule has 450 valence electrons. The maximum Gasteiger partial charge on any atom is 0.436 e. The first-order chi connectivity index (χ1) is 34.0. The van der Waals surface area contributed by atoms with Gasteiger partial charge in [0.15, 0.2) is 0 Å². The lowest BCUT2D eigenvalue weighted by molar-refractivity contribution is -0.921. The number of nitrogens with zero attached hydrogens (tertiary/aromatic N) is 3. The summed E-state index contributed by atoms with van der Waals surface area (Å²) >= 11 is 0. The predicted molar refractivity (Wildman–Crippen MR) is 239 cm³/mol. The van der Waals surface area contributed by atoms with E-state index < -0.39 is 96.7 Å². The third kappa shape index (κ3) is 49.3. The van der Waals surface area contributed by atoms with E-state index in [-0.39, 0.29) is 0 Å². The van der Waals surface area contributed by atoms with Gasteiger partial charge in [-0.1, -0.05) is 0 Å². The number of hydrogen-bond acceptors (Lipinski definition) is 15. The van der Waals surface area contributed by atoms with Crippen molar-refractivity contribution in [2.24, 2.45) is 0 Å². The highest BCUT2D eigenvalue weighted by Gasteiger charge is 2.49. The largest absolute Gasteiger partial charge is 0.907 e. The van der Waals surface area contributed by atoms with Crippen LogP contribution in [-0.2, 0) is 57.5 Å². The fraction of sp³-hybridized carbons (Fsp3) is 0.692. The van der Waals surface area contributed by atoms with Crippen LogP contribution in [0.15, 0.2) is 0 Å². The van der Waals surface area contributed by atoms with Gasteiger partial charge in [-0.05, 0) is 83.1 Å². The van der Waals surface area contributed by atoms with Crippen LogP contribution in [0.5, 0.6) is 0 Å². The number of alkyl halides is 6. The highest BCUT2D eigenvalue weighted by Crippen LogP contribution is 2.14. The first-order valence-corrected chi connectivity index (χ1v) is 21.5. The summed E-state index contributed by atoms with van der Waals surface area (Å²) in [5.74, 6) is -40.9. The Hall–Kier alpha value is -6.96. The van der Waals surface area contributed by atoms with Crippen molar-refractivity contribution >= 4 is 79.0 Å². The summed E-state index contributed by atoms with van der Waals surface area (Å²) in [5.41, 5.74) is 0. The van der Waals surface area contributed by atoms with Crippen molar-refractivity contribution in [1.82, 2.24) is 0 Å². The van der Waals surface area contributed by atoms with Crippen LogP contribution in [0.4, 0.5) is 26.3 Å². The van der Waals surface area contributed by atoms with Crippen LogP contribution in [0.2, 0.25) is 0 Å². The Labute approximate surface area is 431 Å². The Morgan fingerprint density at radius 1 is 0.276 bits per heavy atom. The summed E-state index contributed by atoms with van der Waals surface area (Å²) in [4.78, 5) is 111. The van der Waals surface area contributed by atoms with Crippen molar-refractivity contribution in [3.8, 4) is 0 Å². The fourth-order valence-electron chi connectivity index (χ4n) is 4.30. The van der Waals surface area contributed by atoms with Gasteiger partial charge in [-0.15, -0.1) is 0 Å². The lowest BCUT2D eigenvalue weighted by atomic mass is 10.3. The van der Waals surface area contributed by atoms with Crippen LogP contribution < -0.4 is 15.1 Å². The monoisotopic (exact) mass is 1140 g/mol. The van der Waals surface area contributed by atoms with Gasteiger partial charge < -0.3 is 89.8 Å². The van der Waals surface area contributed by atoms with Gasteiger partial charge in [0.1, 0.15) is 0 Å². The third-order valence-corrected chi connectivity index (χ3v) is 10.2. The smallest absolute Gasteiger partial charge is 0.436 e. The first kappa shape index (κ1) is 91.7. The lowest BCUT2D eigenvalue weighted by Crippen LogP contribution is -2.56. The summed E-state index contributed by atoms with van der Waals surface area (Å²) in [6.07, 6.45) is 0. The molecule has 0 fully saturated rings. The highest BCUT2D eigenvalue weighted by molar-refractivity contribution is 6.28. The second-order valence-corrected chi connectivity index (χ2v) is 13.5. The van der Waals surface area contributed by atoms with E-state index in [4.69, 9.17) is 105 Å². The summed E-state index contributed by atoms with van der Waals surface area (Å²) in [5, 5.41) is 114. The Morgan fingerprint density at radius 3 is 0.342 bits per heavy atom. The molecule has 0 aliphatic carbocycles. The third-order valence-electron chi connectivity index (χ3n) is 10.2. The lowest BCUT2D eigenvalue weighted by Gasteiger charge is -2.35. The van der Waals surface area contributed by atoms with Crippen molar-refractivity contribution in [1.29, 1.82) is 0 Å². The quantitative estimate of drug-likeness (QED) is 0.0245. The van der Waals surface area contributed by atoms with Gasteiger partial charge in [0.05, 0.1) is 78.5 Å². The second kappa shape index (κ2) is 47.7. The fourth-order valence-corrected chi connectivity index (χ4v) is 4.30. The second-order valence-electron chi connectivity index (χ2n) is 13.5. The summed E-state index contributed by atoms with van der Waals surface area (Å²) in [6, 6.07) is 0. The zero-order valence-corrected chi connectivity index (χ0v) is 43.7. The molecule has 37 heteroatoms. The number of carbonyl (C=O) groups is 12. The summed E-state index contributed by atoms with van der Waals surface area (Å²) in [6.45, 7) is 42.7. The van der Waals surface area contributed by atoms with Gasteiger partial charge in [-0.3, -0.25) is 7.32 Å². The van der Waals surface area contributed by atoms with Gasteiger partial charge in [-0.25, -0.2) is 57.5 Å². The number of carboxylic acid groups (broad SMARTS) is 12. The molecule has 0 aromatic carbocycles. The summed E-state index contributed by atoms with van der Waals surface area (Å²) < 4.78 is 72.7. The average molecular weight is 1140 g/mol. The van der Waals surface area contributed by atoms with Crippen LogP contribution in [0, 0.1) is 0 Å². The molecule has 0 bridgehead atoms. The number of halogens is 6. The molecule has 30 nitrogen and oxygen atoms in total. The molecule has 76 heavy (non-hydrogen) atoms. The van der Waals surface area contributed by atoms with E-state index in [0.29, 0.717) is 0 Å². The number of rotatable bonds is 18. The van der Waals surface area contributed by atoms with E-state index in [1.807, 2.05) is 0 Å². The molecular weight excluding hydrogens is 1070 g/mol. The molecule has 0 radical (unpaired) electrons. The molecule has 0 heterocycles. The Kier molecular flexibility index (Phi) is 57.6. The van der Waals surface area contributed by atoms with Gasteiger partial charge >= 0.3 is 89.4 Å². The maximum atomic E-state index is 11.5. The molecule has 0 amide bonds. The number of aliphatic carboxylic acids is 12. The van der Waals surface area contributed by atoms with Gasteiger partial charge in [0, 0.05) is 0 Å². The van der Waals surface area contributed by atoms with E-state index in [2.05, 4.69) is 83.1 Å². The maximum absolute atomic E-state index is 11.5. The van der Waals surface area contributed by atoms with Gasteiger partial charge in [0.25, 0.3) is 0 Å². The number of carboxylic acids is 12. The minimum absolute atomic E-state index is 1.28. The van der Waals surface area contributed by atoms with Gasteiger partial charge in [0.2, 0.25) is 0 Å². The molecular formula is C39H72BF6N3O27. The molecule has 0 aliphatic heterocycles. The van der Waals surface area contributed by atoms with E-state index in [9.17, 15) is 55.1 Å². The zero-order valence-electron chi connectivity index (χ0n) is 43.7. The Bertz CT molecular complexity index is 1420. The van der Waals surface area contributed by atoms with E-state index >= 15 is 0 Å². The minimum atomic E-state index is -4.67. The average Bonchev–Trinajstić information content (AvgIpc) is 3.33. The van der Waals surface area contributed by atoms with Crippen LogP contribution in [0.25, 0.3) is 0 Å². The van der Waals surface area contributed by atoms with Crippen molar-refractivity contribution < 1.29 is 174 Å². The minimum Gasteiger partial charge on any atom is -0.907 e. The molecule has 0 spiro atoms. The molecule has 0 aromatic heterocycles. The molecule has 0 aliphatic rings. The van der Waals surface area contributed by atoms with Crippen LogP contribution in [0.3, 0.4) is 0 Å². The number of quaternary nitrogens is 3. The van der Waals surface area contributed by atoms with Crippen molar-refractivity contribution in [3.05, 3.63) is 0 Å².